The van der Waals surface area contributed by atoms with E-state index in [0.717, 1.165) is 0 Å². The Morgan fingerprint density at radius 2 is 1.59 bits per heavy atom. The van der Waals surface area contributed by atoms with E-state index in [0.29, 0.717) is 27.7 Å². The number of urea groups is 1. The maximum Gasteiger partial charge on any atom is 0.323 e. The highest BCUT2D eigenvalue weighted by Crippen LogP contribution is 2.21. The van der Waals surface area contributed by atoms with Crippen LogP contribution in [0.1, 0.15) is 5.56 Å². The third-order valence-corrected chi connectivity index (χ3v) is 6.02. The molecule has 0 saturated carbocycles. The summed E-state index contributed by atoms with van der Waals surface area (Å²) in [6, 6.07) is 19.2. The number of amides is 2. The van der Waals surface area contributed by atoms with E-state index < -0.39 is 15.9 Å². The van der Waals surface area contributed by atoms with Gasteiger partial charge in [0.15, 0.2) is 9.84 Å². The Balaban J connectivity index is 1.64. The lowest BCUT2D eigenvalue weighted by atomic mass is 10.2. The molecule has 0 fully saturated rings. The first-order chi connectivity index (χ1) is 13.9. The van der Waals surface area contributed by atoms with Crippen molar-refractivity contribution in [3.63, 3.8) is 0 Å². The van der Waals surface area contributed by atoms with Crippen molar-refractivity contribution < 1.29 is 17.9 Å². The summed E-state index contributed by atoms with van der Waals surface area (Å²) in [6.45, 7) is 0. The monoisotopic (exact) mass is 430 g/mol. The maximum atomic E-state index is 12.6. The van der Waals surface area contributed by atoms with E-state index in [2.05, 4.69) is 10.6 Å². The Morgan fingerprint density at radius 1 is 0.931 bits per heavy atom. The fraction of sp³-hybridized carbons (Fsp3) is 0.0952. The largest absolute Gasteiger partial charge is 0.497 e. The first-order valence-electron chi connectivity index (χ1n) is 8.65. The lowest BCUT2D eigenvalue weighted by Crippen LogP contribution is -2.19. The highest BCUT2D eigenvalue weighted by molar-refractivity contribution is 7.90. The van der Waals surface area contributed by atoms with E-state index >= 15 is 0 Å². The summed E-state index contributed by atoms with van der Waals surface area (Å²) < 4.78 is 30.3. The highest BCUT2D eigenvalue weighted by Gasteiger charge is 2.15. The maximum absolute atomic E-state index is 12.6. The quantitative estimate of drug-likeness (QED) is 0.578. The first-order valence-corrected chi connectivity index (χ1v) is 10.7. The molecule has 0 unspecified atom stereocenters. The summed E-state index contributed by atoms with van der Waals surface area (Å²) in [7, 11) is -1.97. The van der Waals surface area contributed by atoms with Crippen LogP contribution in [-0.4, -0.2) is 21.6 Å². The summed E-state index contributed by atoms with van der Waals surface area (Å²) >= 11 is 5.83. The van der Waals surface area contributed by atoms with Gasteiger partial charge in [-0.05, 0) is 54.1 Å². The molecule has 0 aliphatic carbocycles. The van der Waals surface area contributed by atoms with Crippen LogP contribution in [-0.2, 0) is 15.6 Å². The van der Waals surface area contributed by atoms with Crippen LogP contribution in [0.3, 0.4) is 0 Å². The number of nitrogens with one attached hydrogen (secondary N) is 2. The molecule has 3 aromatic carbocycles. The van der Waals surface area contributed by atoms with E-state index in [1.54, 1.807) is 67.8 Å². The molecule has 2 amide bonds. The van der Waals surface area contributed by atoms with Gasteiger partial charge >= 0.3 is 6.03 Å². The highest BCUT2D eigenvalue weighted by atomic mass is 35.5. The minimum atomic E-state index is -3.51. The van der Waals surface area contributed by atoms with E-state index in [9.17, 15) is 13.2 Å². The molecule has 3 rings (SSSR count). The van der Waals surface area contributed by atoms with Gasteiger partial charge in [0.05, 0.1) is 17.8 Å². The van der Waals surface area contributed by atoms with E-state index in [4.69, 9.17) is 16.3 Å². The summed E-state index contributed by atoms with van der Waals surface area (Å²) in [5, 5.41) is 5.90. The molecule has 29 heavy (non-hydrogen) atoms. The fourth-order valence-corrected chi connectivity index (χ4v) is 4.10. The van der Waals surface area contributed by atoms with Gasteiger partial charge in [-0.15, -0.1) is 0 Å². The molecule has 0 saturated heterocycles. The van der Waals surface area contributed by atoms with Gasteiger partial charge in [-0.2, -0.15) is 0 Å². The molecular weight excluding hydrogens is 412 g/mol. The Labute approximate surface area is 174 Å². The van der Waals surface area contributed by atoms with Gasteiger partial charge in [-0.1, -0.05) is 29.8 Å². The second-order valence-corrected chi connectivity index (χ2v) is 8.65. The zero-order valence-corrected chi connectivity index (χ0v) is 17.1. The molecule has 0 spiro atoms. The minimum Gasteiger partial charge on any atom is -0.497 e. The van der Waals surface area contributed by atoms with Gasteiger partial charge in [-0.25, -0.2) is 13.2 Å². The SMILES string of the molecule is COc1cccc(NC(=O)Nc2ccc(S(=O)(=O)Cc3ccc(Cl)cc3)cc2)c1. The Morgan fingerprint density at radius 3 is 2.24 bits per heavy atom. The fourth-order valence-electron chi connectivity index (χ4n) is 2.62. The molecule has 8 heteroatoms. The lowest BCUT2D eigenvalue weighted by molar-refractivity contribution is 0.262. The predicted octanol–water partition coefficient (Wildman–Crippen LogP) is 4.97. The summed E-state index contributed by atoms with van der Waals surface area (Å²) in [6.07, 6.45) is 0. The molecule has 3 aromatic rings. The van der Waals surface area contributed by atoms with E-state index in [1.807, 2.05) is 0 Å². The van der Waals surface area contributed by atoms with Crippen LogP contribution in [0, 0.1) is 0 Å². The Kier molecular flexibility index (Phi) is 6.41. The van der Waals surface area contributed by atoms with E-state index in [-0.39, 0.29) is 10.6 Å². The molecule has 6 nitrogen and oxygen atoms in total. The second kappa shape index (κ2) is 8.98. The van der Waals surface area contributed by atoms with Gasteiger partial charge in [0.1, 0.15) is 5.75 Å². The zero-order chi connectivity index (χ0) is 20.9. The molecule has 0 radical (unpaired) electrons. The number of benzene rings is 3. The Bertz CT molecular complexity index is 1100. The number of methoxy groups -OCH3 is 1. The number of halogens is 1. The summed E-state index contributed by atoms with van der Waals surface area (Å²) in [4.78, 5) is 12.3. The van der Waals surface area contributed by atoms with Crippen molar-refractivity contribution in [3.05, 3.63) is 83.4 Å². The molecule has 150 valence electrons. The predicted molar refractivity (Wildman–Crippen MR) is 114 cm³/mol. The number of sulfone groups is 1. The molecule has 0 aliphatic rings. The van der Waals surface area contributed by atoms with Crippen molar-refractivity contribution in [2.45, 2.75) is 10.6 Å². The van der Waals surface area contributed by atoms with Crippen LogP contribution in [0.2, 0.25) is 5.02 Å². The average molecular weight is 431 g/mol. The van der Waals surface area contributed by atoms with Gasteiger partial charge in [0, 0.05) is 22.5 Å². The van der Waals surface area contributed by atoms with Crippen LogP contribution >= 0.6 is 11.6 Å². The van der Waals surface area contributed by atoms with Gasteiger partial charge < -0.3 is 15.4 Å². The number of carbonyl (C=O) groups is 1. The third kappa shape index (κ3) is 5.73. The molecule has 0 bridgehead atoms. The third-order valence-electron chi connectivity index (χ3n) is 4.07. The zero-order valence-electron chi connectivity index (χ0n) is 15.6. The molecular formula is C21H19ClN2O4S. The van der Waals surface area contributed by atoms with Gasteiger partial charge in [-0.3, -0.25) is 0 Å². The molecule has 0 heterocycles. The van der Waals surface area contributed by atoms with Crippen LogP contribution in [0.4, 0.5) is 16.2 Å². The van der Waals surface area contributed by atoms with Crippen molar-refractivity contribution >= 4 is 38.8 Å². The number of carbonyl (C=O) groups excluding carboxylic acids is 1. The number of anilines is 2. The number of hydrogen-bond donors (Lipinski definition) is 2. The van der Waals surface area contributed by atoms with Crippen LogP contribution in [0.5, 0.6) is 5.75 Å². The number of rotatable bonds is 6. The van der Waals surface area contributed by atoms with Crippen molar-refractivity contribution in [2.75, 3.05) is 17.7 Å². The van der Waals surface area contributed by atoms with Crippen molar-refractivity contribution in [3.8, 4) is 5.75 Å². The second-order valence-electron chi connectivity index (χ2n) is 6.22. The molecule has 2 N–H and O–H groups in total. The van der Waals surface area contributed by atoms with Gasteiger partial charge in [0.25, 0.3) is 0 Å². The van der Waals surface area contributed by atoms with E-state index in [1.165, 1.54) is 12.1 Å². The first kappa shape index (κ1) is 20.7. The molecule has 0 aromatic heterocycles. The average Bonchev–Trinajstić information content (AvgIpc) is 2.70. The summed E-state index contributed by atoms with van der Waals surface area (Å²) in [5.74, 6) is 0.492. The topological polar surface area (TPSA) is 84.5 Å². The van der Waals surface area contributed by atoms with Crippen molar-refractivity contribution in [1.29, 1.82) is 0 Å². The Hall–Kier alpha value is -3.03. The molecule has 0 atom stereocenters. The standard InChI is InChI=1S/C21H19ClN2O4S/c1-28-19-4-2-3-18(13-19)24-21(25)23-17-9-11-20(12-10-17)29(26,27)14-15-5-7-16(22)8-6-15/h2-13H,14H2,1H3,(H2,23,24,25). The van der Waals surface area contributed by atoms with Crippen LogP contribution < -0.4 is 15.4 Å². The smallest absolute Gasteiger partial charge is 0.323 e. The van der Waals surface area contributed by atoms with Crippen molar-refractivity contribution in [2.24, 2.45) is 0 Å². The van der Waals surface area contributed by atoms with Crippen LogP contribution in [0.15, 0.2) is 77.7 Å². The van der Waals surface area contributed by atoms with Crippen LogP contribution in [0.25, 0.3) is 0 Å². The van der Waals surface area contributed by atoms with Gasteiger partial charge in [0.2, 0.25) is 0 Å². The van der Waals surface area contributed by atoms with Crippen molar-refractivity contribution in [1.82, 2.24) is 0 Å². The normalized spacial score (nSPS) is 11.0. The summed E-state index contributed by atoms with van der Waals surface area (Å²) in [5.41, 5.74) is 1.69. The number of ether oxygens (including phenoxy) is 1. The molecule has 0 aliphatic heterocycles. The number of hydrogen-bond acceptors (Lipinski definition) is 4. The lowest BCUT2D eigenvalue weighted by Gasteiger charge is -2.10. The minimum absolute atomic E-state index is 0.132.